The maximum absolute atomic E-state index is 13.4. The Bertz CT molecular complexity index is 978. The quantitative estimate of drug-likeness (QED) is 0.179. The van der Waals surface area contributed by atoms with Crippen LogP contribution < -0.4 is 0 Å². The van der Waals surface area contributed by atoms with Crippen LogP contribution in [0.25, 0.3) is 0 Å². The Hall–Kier alpha value is -1.32. The van der Waals surface area contributed by atoms with E-state index in [-0.39, 0.29) is 44.4 Å². The fourth-order valence-corrected chi connectivity index (χ4v) is 10.9. The summed E-state index contributed by atoms with van der Waals surface area (Å²) in [6.45, 7) is 17.2. The first-order valence-corrected chi connectivity index (χ1v) is 14.2. The van der Waals surface area contributed by atoms with Crippen molar-refractivity contribution in [3.63, 3.8) is 0 Å². The molecule has 196 valence electrons. The highest BCUT2D eigenvalue weighted by Gasteiger charge is 2.69. The molecule has 0 amide bonds. The van der Waals surface area contributed by atoms with Crippen LogP contribution in [0.1, 0.15) is 113 Å². The SMILES string of the molecule is COC(=O)[C@]12CCC(C)(C)CC1C1=CCC3[C@@]4(C)C/C(=N\O)CC(C)(C)C4CC[C@@]3(C)[C@]1(C)CC2. The largest absolute Gasteiger partial charge is 0.469 e. The van der Waals surface area contributed by atoms with Gasteiger partial charge < -0.3 is 9.94 Å². The molecule has 0 spiro atoms. The van der Waals surface area contributed by atoms with E-state index in [9.17, 15) is 10.0 Å². The number of esters is 1. The molecular weight excluding hydrogens is 434 g/mol. The number of ether oxygens (including phenoxy) is 1. The summed E-state index contributed by atoms with van der Waals surface area (Å²) in [5.74, 6) is 1.52. The number of nitrogens with zero attached hydrogens (tertiary/aromatic N) is 1. The van der Waals surface area contributed by atoms with Gasteiger partial charge in [0.15, 0.2) is 0 Å². The van der Waals surface area contributed by atoms with Gasteiger partial charge in [0.25, 0.3) is 0 Å². The summed E-state index contributed by atoms with van der Waals surface area (Å²) < 4.78 is 5.49. The Kier molecular flexibility index (Phi) is 5.50. The average molecular weight is 484 g/mol. The van der Waals surface area contributed by atoms with Crippen molar-refractivity contribution >= 4 is 11.7 Å². The predicted molar refractivity (Wildman–Crippen MR) is 140 cm³/mol. The van der Waals surface area contributed by atoms with Crippen molar-refractivity contribution in [2.24, 2.45) is 55.4 Å². The molecule has 0 aliphatic heterocycles. The summed E-state index contributed by atoms with van der Waals surface area (Å²) in [6, 6.07) is 0. The molecule has 5 aliphatic carbocycles. The Labute approximate surface area is 213 Å². The third kappa shape index (κ3) is 3.22. The third-order valence-corrected chi connectivity index (χ3v) is 12.8. The zero-order valence-corrected chi connectivity index (χ0v) is 23.6. The standard InChI is InChI=1S/C31H49NO3/c1-26(2)13-15-31(25(33)35-8)16-14-29(6)21(22(31)19-26)9-10-24-28(5)18-20(32-34)17-27(3,4)23(28)11-12-30(24,29)7/h9,22-24,34H,10-19H2,1-8H3/b32-20-/t22?,23?,24?,28-,29+,30+,31-/m0/s1. The number of methoxy groups -OCH3 is 1. The average Bonchev–Trinajstić information content (AvgIpc) is 2.77. The van der Waals surface area contributed by atoms with Gasteiger partial charge >= 0.3 is 5.97 Å². The zero-order valence-electron chi connectivity index (χ0n) is 23.6. The van der Waals surface area contributed by atoms with E-state index in [2.05, 4.69) is 59.7 Å². The second kappa shape index (κ2) is 7.60. The van der Waals surface area contributed by atoms with Gasteiger partial charge in [-0.15, -0.1) is 0 Å². The van der Waals surface area contributed by atoms with E-state index in [4.69, 9.17) is 4.74 Å². The fraction of sp³-hybridized carbons (Fsp3) is 0.871. The highest BCUT2D eigenvalue weighted by Crippen LogP contribution is 2.75. The number of hydrogen-bond acceptors (Lipinski definition) is 4. The molecule has 0 aromatic heterocycles. The van der Waals surface area contributed by atoms with Crippen LogP contribution in [0, 0.1) is 50.2 Å². The minimum absolute atomic E-state index is 0.0294. The van der Waals surface area contributed by atoms with E-state index in [0.29, 0.717) is 11.8 Å². The minimum Gasteiger partial charge on any atom is -0.469 e. The van der Waals surface area contributed by atoms with Crippen molar-refractivity contribution in [3.8, 4) is 0 Å². The van der Waals surface area contributed by atoms with Crippen LogP contribution in [0.2, 0.25) is 0 Å². The summed E-state index contributed by atoms with van der Waals surface area (Å²) in [6.07, 6.45) is 13.2. The van der Waals surface area contributed by atoms with Crippen LogP contribution in [0.4, 0.5) is 0 Å². The van der Waals surface area contributed by atoms with Crippen molar-refractivity contribution in [2.75, 3.05) is 7.11 Å². The number of carbonyl (C=O) groups excluding carboxylic acids is 1. The Balaban J connectivity index is 1.62. The number of oxime groups is 1. The molecule has 0 radical (unpaired) electrons. The highest BCUT2D eigenvalue weighted by atomic mass is 16.5. The lowest BCUT2D eigenvalue weighted by atomic mass is 9.33. The van der Waals surface area contributed by atoms with Gasteiger partial charge in [0, 0.05) is 0 Å². The van der Waals surface area contributed by atoms with Crippen molar-refractivity contribution in [1.82, 2.24) is 0 Å². The Morgan fingerprint density at radius 3 is 2.31 bits per heavy atom. The van der Waals surface area contributed by atoms with Crippen LogP contribution >= 0.6 is 0 Å². The topological polar surface area (TPSA) is 58.9 Å². The molecule has 4 nitrogen and oxygen atoms in total. The van der Waals surface area contributed by atoms with Gasteiger partial charge in [-0.05, 0) is 109 Å². The maximum atomic E-state index is 13.4. The van der Waals surface area contributed by atoms with E-state index >= 15 is 0 Å². The lowest BCUT2D eigenvalue weighted by Gasteiger charge is -2.70. The number of carbonyl (C=O) groups is 1. The third-order valence-electron chi connectivity index (χ3n) is 12.8. The first-order valence-electron chi connectivity index (χ1n) is 14.2. The van der Waals surface area contributed by atoms with Crippen molar-refractivity contribution in [2.45, 2.75) is 113 Å². The van der Waals surface area contributed by atoms with Crippen molar-refractivity contribution < 1.29 is 14.7 Å². The van der Waals surface area contributed by atoms with Crippen LogP contribution in [-0.2, 0) is 9.53 Å². The summed E-state index contributed by atoms with van der Waals surface area (Å²) in [5, 5.41) is 13.6. The van der Waals surface area contributed by atoms with Crippen molar-refractivity contribution in [1.29, 1.82) is 0 Å². The van der Waals surface area contributed by atoms with Crippen LogP contribution in [0.3, 0.4) is 0 Å². The monoisotopic (exact) mass is 483 g/mol. The molecule has 7 atom stereocenters. The minimum atomic E-state index is -0.344. The second-order valence-electron chi connectivity index (χ2n) is 15.4. The molecule has 4 saturated carbocycles. The summed E-state index contributed by atoms with van der Waals surface area (Å²) in [4.78, 5) is 13.4. The van der Waals surface area contributed by atoms with Gasteiger partial charge in [-0.25, -0.2) is 0 Å². The van der Waals surface area contributed by atoms with E-state index in [1.165, 1.54) is 12.8 Å². The van der Waals surface area contributed by atoms with E-state index < -0.39 is 0 Å². The number of allylic oxidation sites excluding steroid dienone is 2. The van der Waals surface area contributed by atoms with E-state index in [1.54, 1.807) is 12.7 Å². The lowest BCUT2D eigenvalue weighted by molar-refractivity contribution is -0.182. The molecule has 4 heteroatoms. The number of hydrogen-bond donors (Lipinski definition) is 1. The van der Waals surface area contributed by atoms with E-state index in [0.717, 1.165) is 57.1 Å². The predicted octanol–water partition coefficient (Wildman–Crippen LogP) is 7.79. The van der Waals surface area contributed by atoms with Crippen LogP contribution in [0.15, 0.2) is 16.8 Å². The number of fused-ring (bicyclic) bond motifs is 7. The first kappa shape index (κ1) is 25.3. The van der Waals surface area contributed by atoms with Gasteiger partial charge in [0.2, 0.25) is 0 Å². The lowest BCUT2D eigenvalue weighted by Crippen LogP contribution is -2.64. The van der Waals surface area contributed by atoms with Crippen molar-refractivity contribution in [3.05, 3.63) is 11.6 Å². The summed E-state index contributed by atoms with van der Waals surface area (Å²) >= 11 is 0. The molecule has 5 aliphatic rings. The molecular formula is C31H49NO3. The Morgan fingerprint density at radius 1 is 0.971 bits per heavy atom. The zero-order chi connectivity index (χ0) is 25.7. The molecule has 35 heavy (non-hydrogen) atoms. The van der Waals surface area contributed by atoms with Gasteiger partial charge in [-0.2, -0.15) is 0 Å². The van der Waals surface area contributed by atoms with Crippen LogP contribution in [0.5, 0.6) is 0 Å². The summed E-state index contributed by atoms with van der Waals surface area (Å²) in [7, 11) is 1.58. The van der Waals surface area contributed by atoms with Gasteiger partial charge in [-0.1, -0.05) is 65.3 Å². The molecule has 0 aromatic rings. The maximum Gasteiger partial charge on any atom is 0.312 e. The molecule has 5 rings (SSSR count). The molecule has 0 saturated heterocycles. The highest BCUT2D eigenvalue weighted by molar-refractivity contribution is 5.86. The molecule has 4 fully saturated rings. The molecule has 1 N–H and O–H groups in total. The first-order chi connectivity index (χ1) is 16.2. The fourth-order valence-electron chi connectivity index (χ4n) is 10.9. The second-order valence-corrected chi connectivity index (χ2v) is 15.4. The number of rotatable bonds is 1. The molecule has 3 unspecified atom stereocenters. The molecule has 0 aromatic carbocycles. The van der Waals surface area contributed by atoms with Gasteiger partial charge in [0.1, 0.15) is 0 Å². The summed E-state index contributed by atoms with van der Waals surface area (Å²) in [5.41, 5.74) is 3.03. The normalized spacial score (nSPS) is 49.1. The van der Waals surface area contributed by atoms with Crippen LogP contribution in [-0.4, -0.2) is 24.0 Å². The van der Waals surface area contributed by atoms with E-state index in [1.807, 2.05) is 0 Å². The smallest absolute Gasteiger partial charge is 0.312 e. The Morgan fingerprint density at radius 2 is 1.66 bits per heavy atom. The molecule has 0 bridgehead atoms. The molecule has 0 heterocycles. The van der Waals surface area contributed by atoms with Gasteiger partial charge in [-0.3, -0.25) is 4.79 Å². The van der Waals surface area contributed by atoms with Gasteiger partial charge in [0.05, 0.1) is 18.2 Å².